The maximum absolute atomic E-state index is 12.9. The van der Waals surface area contributed by atoms with Crippen LogP contribution in [0.3, 0.4) is 0 Å². The molecule has 2 N–H and O–H groups in total. The van der Waals surface area contributed by atoms with Crippen LogP contribution in [-0.4, -0.2) is 58.0 Å². The second kappa shape index (κ2) is 10.3. The number of hydrogen-bond acceptors (Lipinski definition) is 5. The van der Waals surface area contributed by atoms with Gasteiger partial charge in [0.2, 0.25) is 11.8 Å². The zero-order chi connectivity index (χ0) is 23.2. The molecule has 8 nitrogen and oxygen atoms in total. The molecule has 0 saturated carbocycles. The normalized spacial score (nSPS) is 16.3. The molecule has 0 unspecified atom stereocenters. The summed E-state index contributed by atoms with van der Waals surface area (Å²) in [6.45, 7) is 4.11. The van der Waals surface area contributed by atoms with Crippen LogP contribution in [0.5, 0.6) is 11.5 Å². The summed E-state index contributed by atoms with van der Waals surface area (Å²) in [6, 6.07) is 18.8. The van der Waals surface area contributed by atoms with Gasteiger partial charge in [-0.1, -0.05) is 30.3 Å². The molecule has 4 rings (SSSR count). The van der Waals surface area contributed by atoms with Gasteiger partial charge in [0, 0.05) is 32.4 Å². The highest BCUT2D eigenvalue weighted by molar-refractivity contribution is 5.88. The number of hydrogen-bond donors (Lipinski definition) is 2. The molecule has 1 atom stereocenters. The molecular formula is C25H29N5O3. The first-order chi connectivity index (χ1) is 16.0. The molecule has 3 aromatic rings. The van der Waals surface area contributed by atoms with Crippen molar-refractivity contribution < 1.29 is 14.3 Å². The first-order valence-electron chi connectivity index (χ1n) is 11.1. The number of nitrogens with zero attached hydrogens (tertiary/aromatic N) is 3. The number of aromatic amines is 1. The van der Waals surface area contributed by atoms with Gasteiger partial charge in [0.05, 0.1) is 24.7 Å². The maximum Gasteiger partial charge on any atom is 0.237 e. The molecule has 0 bridgehead atoms. The summed E-state index contributed by atoms with van der Waals surface area (Å²) < 4.78 is 5.94. The van der Waals surface area contributed by atoms with Crippen LogP contribution in [0, 0.1) is 6.92 Å². The van der Waals surface area contributed by atoms with Crippen LogP contribution in [0.15, 0.2) is 60.7 Å². The zero-order valence-corrected chi connectivity index (χ0v) is 19.0. The molecule has 0 radical (unpaired) electrons. The van der Waals surface area contributed by atoms with Crippen molar-refractivity contribution in [2.24, 2.45) is 0 Å². The van der Waals surface area contributed by atoms with E-state index >= 15 is 0 Å². The van der Waals surface area contributed by atoms with Crippen LogP contribution in [0.1, 0.15) is 23.4 Å². The van der Waals surface area contributed by atoms with Gasteiger partial charge in [0.25, 0.3) is 0 Å². The maximum atomic E-state index is 12.9. The molecule has 2 heterocycles. The lowest BCUT2D eigenvalue weighted by atomic mass is 10.1. The molecule has 172 valence electrons. The summed E-state index contributed by atoms with van der Waals surface area (Å²) >= 11 is 0. The van der Waals surface area contributed by atoms with E-state index in [4.69, 9.17) is 4.74 Å². The summed E-state index contributed by atoms with van der Waals surface area (Å²) in [7, 11) is 1.74. The Bertz CT molecular complexity index is 1100. The van der Waals surface area contributed by atoms with Gasteiger partial charge < -0.3 is 15.0 Å². The van der Waals surface area contributed by atoms with E-state index in [0.717, 1.165) is 28.5 Å². The molecule has 1 aliphatic rings. The minimum atomic E-state index is -0.520. The van der Waals surface area contributed by atoms with Crippen molar-refractivity contribution in [3.8, 4) is 11.5 Å². The highest BCUT2D eigenvalue weighted by Crippen LogP contribution is 2.23. The summed E-state index contributed by atoms with van der Waals surface area (Å²) in [5.41, 5.74) is 2.77. The predicted octanol–water partition coefficient (Wildman–Crippen LogP) is 2.86. The Morgan fingerprint density at radius 2 is 1.94 bits per heavy atom. The van der Waals surface area contributed by atoms with Crippen molar-refractivity contribution in [1.82, 2.24) is 25.3 Å². The number of carbonyl (C=O) groups is 2. The average molecular weight is 448 g/mol. The van der Waals surface area contributed by atoms with Gasteiger partial charge in [-0.2, -0.15) is 5.10 Å². The number of carbonyl (C=O) groups excluding carboxylic acids is 2. The number of nitrogens with one attached hydrogen (secondary N) is 2. The fourth-order valence-electron chi connectivity index (χ4n) is 3.95. The van der Waals surface area contributed by atoms with Crippen molar-refractivity contribution in [2.45, 2.75) is 32.5 Å². The van der Waals surface area contributed by atoms with E-state index in [2.05, 4.69) is 20.4 Å². The summed E-state index contributed by atoms with van der Waals surface area (Å²) in [4.78, 5) is 29.2. The highest BCUT2D eigenvalue weighted by atomic mass is 16.5. The Hall–Kier alpha value is -3.65. The molecule has 33 heavy (non-hydrogen) atoms. The lowest BCUT2D eigenvalue weighted by molar-refractivity contribution is -0.138. The van der Waals surface area contributed by atoms with Crippen LogP contribution >= 0.6 is 0 Å². The van der Waals surface area contributed by atoms with E-state index in [9.17, 15) is 9.59 Å². The van der Waals surface area contributed by atoms with Gasteiger partial charge in [-0.25, -0.2) is 0 Å². The molecular weight excluding hydrogens is 418 g/mol. The van der Waals surface area contributed by atoms with Crippen molar-refractivity contribution in [2.75, 3.05) is 20.1 Å². The molecule has 0 spiro atoms. The van der Waals surface area contributed by atoms with Crippen LogP contribution < -0.4 is 10.1 Å². The second-order valence-corrected chi connectivity index (χ2v) is 8.34. The minimum absolute atomic E-state index is 0.0936. The van der Waals surface area contributed by atoms with Crippen LogP contribution in [-0.2, 0) is 22.7 Å². The van der Waals surface area contributed by atoms with Crippen molar-refractivity contribution in [1.29, 1.82) is 0 Å². The predicted molar refractivity (Wildman–Crippen MR) is 125 cm³/mol. The van der Waals surface area contributed by atoms with Crippen molar-refractivity contribution in [3.63, 3.8) is 0 Å². The number of aryl methyl sites for hydroxylation is 1. The monoisotopic (exact) mass is 447 g/mol. The van der Waals surface area contributed by atoms with Gasteiger partial charge in [-0.05, 0) is 42.8 Å². The fourth-order valence-corrected chi connectivity index (χ4v) is 3.95. The Labute approximate surface area is 193 Å². The van der Waals surface area contributed by atoms with E-state index in [0.29, 0.717) is 26.2 Å². The van der Waals surface area contributed by atoms with Gasteiger partial charge in [-0.3, -0.25) is 19.6 Å². The molecule has 0 aliphatic carbocycles. The third-order valence-corrected chi connectivity index (χ3v) is 5.66. The molecule has 1 aromatic heterocycles. The van der Waals surface area contributed by atoms with E-state index in [1.54, 1.807) is 11.9 Å². The van der Waals surface area contributed by atoms with Gasteiger partial charge >= 0.3 is 0 Å². The Morgan fingerprint density at radius 3 is 2.70 bits per heavy atom. The fraction of sp³-hybridized carbons (Fsp3) is 0.320. The third-order valence-electron chi connectivity index (χ3n) is 5.66. The summed E-state index contributed by atoms with van der Waals surface area (Å²) in [6.07, 6.45) is 0.117. The molecule has 1 aliphatic heterocycles. The average Bonchev–Trinajstić information content (AvgIpc) is 3.21. The van der Waals surface area contributed by atoms with Crippen LogP contribution in [0.25, 0.3) is 0 Å². The van der Waals surface area contributed by atoms with Crippen LogP contribution in [0.2, 0.25) is 0 Å². The lowest BCUT2D eigenvalue weighted by Crippen LogP contribution is -2.56. The number of rotatable bonds is 8. The Morgan fingerprint density at radius 1 is 1.15 bits per heavy atom. The third kappa shape index (κ3) is 5.98. The number of aromatic nitrogens is 2. The number of H-pyrrole nitrogens is 1. The highest BCUT2D eigenvalue weighted by Gasteiger charge is 2.32. The lowest BCUT2D eigenvalue weighted by Gasteiger charge is -2.35. The van der Waals surface area contributed by atoms with Crippen molar-refractivity contribution in [3.05, 3.63) is 77.6 Å². The first-order valence-corrected chi connectivity index (χ1v) is 11.1. The van der Waals surface area contributed by atoms with Gasteiger partial charge in [0.1, 0.15) is 11.5 Å². The van der Waals surface area contributed by atoms with Crippen molar-refractivity contribution >= 4 is 11.8 Å². The summed E-state index contributed by atoms with van der Waals surface area (Å²) in [5, 5.41) is 9.97. The largest absolute Gasteiger partial charge is 0.457 e. The molecule has 2 amide bonds. The number of ether oxygens (including phenoxy) is 1. The summed E-state index contributed by atoms with van der Waals surface area (Å²) in [5.74, 6) is 1.30. The topological polar surface area (TPSA) is 90.6 Å². The minimum Gasteiger partial charge on any atom is -0.457 e. The number of para-hydroxylation sites is 1. The number of piperazine rings is 1. The molecule has 1 saturated heterocycles. The van der Waals surface area contributed by atoms with E-state index < -0.39 is 6.04 Å². The van der Waals surface area contributed by atoms with E-state index in [1.165, 1.54) is 0 Å². The van der Waals surface area contributed by atoms with E-state index in [1.807, 2.05) is 67.6 Å². The Balaban J connectivity index is 1.41. The first kappa shape index (κ1) is 22.5. The molecule has 2 aromatic carbocycles. The quantitative estimate of drug-likeness (QED) is 0.554. The second-order valence-electron chi connectivity index (χ2n) is 8.34. The SMILES string of the molecule is Cc1cc(CN(C)C(=O)C[C@@H]2C(=O)NCCN2Cc2cccc(Oc3ccccc3)c2)n[nH]1. The van der Waals surface area contributed by atoms with Gasteiger partial charge in [0.15, 0.2) is 0 Å². The smallest absolute Gasteiger partial charge is 0.237 e. The zero-order valence-electron chi connectivity index (χ0n) is 19.0. The van der Waals surface area contributed by atoms with Crippen LogP contribution in [0.4, 0.5) is 0 Å². The van der Waals surface area contributed by atoms with E-state index in [-0.39, 0.29) is 18.2 Å². The molecule has 1 fully saturated rings. The van der Waals surface area contributed by atoms with Gasteiger partial charge in [-0.15, -0.1) is 0 Å². The molecule has 8 heteroatoms. The number of benzene rings is 2. The standard InChI is InChI=1S/C25H29N5O3/c1-18-13-20(28-27-18)17-29(2)24(31)15-23-25(32)26-11-12-30(23)16-19-7-6-10-22(14-19)33-21-8-4-3-5-9-21/h3-10,13-14,23H,11-12,15-17H2,1-2H3,(H,26,32)(H,27,28)/t23-/m1/s1. The number of amides is 2. The Kier molecular flexibility index (Phi) is 7.04.